The third-order valence-corrected chi connectivity index (χ3v) is 3.92. The summed E-state index contributed by atoms with van der Waals surface area (Å²) in [6.45, 7) is 2.04. The molecule has 0 bridgehead atoms. The fourth-order valence-corrected chi connectivity index (χ4v) is 2.64. The molecule has 1 aromatic carbocycles. The molecule has 0 saturated carbocycles. The van der Waals surface area contributed by atoms with Crippen LogP contribution in [0.5, 0.6) is 5.88 Å². The van der Waals surface area contributed by atoms with Gasteiger partial charge in [0.25, 0.3) is 0 Å². The number of amidine groups is 1. The van der Waals surface area contributed by atoms with Gasteiger partial charge < -0.3 is 15.4 Å². The Morgan fingerprint density at radius 1 is 1.33 bits per heavy atom. The van der Waals surface area contributed by atoms with Crippen molar-refractivity contribution < 1.29 is 4.74 Å². The van der Waals surface area contributed by atoms with E-state index in [4.69, 9.17) is 15.9 Å². The number of nitrogens with one attached hydrogen (secondary N) is 1. The van der Waals surface area contributed by atoms with Crippen molar-refractivity contribution in [2.24, 2.45) is 5.73 Å². The molecule has 0 aliphatic carbocycles. The molecule has 0 radical (unpaired) electrons. The summed E-state index contributed by atoms with van der Waals surface area (Å²) in [6.07, 6.45) is 2.10. The zero-order chi connectivity index (χ0) is 14.8. The quantitative estimate of drug-likeness (QED) is 0.667. The fraction of sp³-hybridized carbons (Fsp3) is 0.375. The molecule has 1 fully saturated rings. The molecule has 110 valence electrons. The average Bonchev–Trinajstić information content (AvgIpc) is 2.48. The number of ether oxygens (including phenoxy) is 1. The molecular weight excluding hydrogens is 264 g/mol. The molecule has 2 aromatic rings. The number of benzene rings is 1. The van der Waals surface area contributed by atoms with Gasteiger partial charge in [-0.25, -0.2) is 4.98 Å². The number of para-hydroxylation sites is 1. The van der Waals surface area contributed by atoms with Crippen LogP contribution in [0.2, 0.25) is 0 Å². The SMILES string of the molecule is CN1CCC(Oc2nc3ccccc3cc2C(=N)N)CC1. The number of hydrogen-bond acceptors (Lipinski definition) is 4. The van der Waals surface area contributed by atoms with Gasteiger partial charge >= 0.3 is 0 Å². The first-order valence-electron chi connectivity index (χ1n) is 7.23. The fourth-order valence-electron chi connectivity index (χ4n) is 2.64. The lowest BCUT2D eigenvalue weighted by molar-refractivity contribution is 0.110. The predicted octanol–water partition coefficient (Wildman–Crippen LogP) is 1.99. The first-order valence-corrected chi connectivity index (χ1v) is 7.23. The molecule has 1 aliphatic rings. The number of likely N-dealkylation sites (tertiary alicyclic amines) is 1. The summed E-state index contributed by atoms with van der Waals surface area (Å²) in [6, 6.07) is 9.69. The van der Waals surface area contributed by atoms with Crippen molar-refractivity contribution in [3.05, 3.63) is 35.9 Å². The van der Waals surface area contributed by atoms with Gasteiger partial charge in [-0.3, -0.25) is 5.41 Å². The van der Waals surface area contributed by atoms with Crippen LogP contribution in [0.4, 0.5) is 0 Å². The third kappa shape index (κ3) is 2.97. The molecule has 2 heterocycles. The second-order valence-electron chi connectivity index (χ2n) is 5.57. The molecule has 0 amide bonds. The molecule has 3 N–H and O–H groups in total. The molecule has 0 atom stereocenters. The van der Waals surface area contributed by atoms with Crippen molar-refractivity contribution >= 4 is 16.7 Å². The summed E-state index contributed by atoms with van der Waals surface area (Å²) in [4.78, 5) is 6.84. The van der Waals surface area contributed by atoms with Gasteiger partial charge in [-0.2, -0.15) is 0 Å². The van der Waals surface area contributed by atoms with Gasteiger partial charge in [-0.05, 0) is 32.0 Å². The average molecular weight is 284 g/mol. The molecule has 5 heteroatoms. The summed E-state index contributed by atoms with van der Waals surface area (Å²) in [5, 5.41) is 8.72. The van der Waals surface area contributed by atoms with Crippen molar-refractivity contribution in [2.75, 3.05) is 20.1 Å². The number of aromatic nitrogens is 1. The van der Waals surface area contributed by atoms with Crippen molar-refractivity contribution in [1.29, 1.82) is 5.41 Å². The van der Waals surface area contributed by atoms with Crippen LogP contribution in [0.3, 0.4) is 0 Å². The summed E-state index contributed by atoms with van der Waals surface area (Å²) in [5.74, 6) is 0.479. The highest BCUT2D eigenvalue weighted by Crippen LogP contribution is 2.25. The maximum atomic E-state index is 7.75. The van der Waals surface area contributed by atoms with Crippen molar-refractivity contribution in [1.82, 2.24) is 9.88 Å². The van der Waals surface area contributed by atoms with E-state index in [-0.39, 0.29) is 11.9 Å². The number of hydrogen-bond donors (Lipinski definition) is 2. The maximum Gasteiger partial charge on any atom is 0.225 e. The minimum Gasteiger partial charge on any atom is -0.474 e. The Bertz CT molecular complexity index is 662. The van der Waals surface area contributed by atoms with Gasteiger partial charge in [0.1, 0.15) is 11.9 Å². The molecule has 3 rings (SSSR count). The van der Waals surface area contributed by atoms with Gasteiger partial charge in [0.2, 0.25) is 5.88 Å². The second kappa shape index (κ2) is 5.69. The second-order valence-corrected chi connectivity index (χ2v) is 5.57. The highest BCUT2D eigenvalue weighted by molar-refractivity contribution is 6.00. The number of fused-ring (bicyclic) bond motifs is 1. The Labute approximate surface area is 124 Å². The van der Waals surface area contributed by atoms with Crippen LogP contribution in [0.15, 0.2) is 30.3 Å². The minimum atomic E-state index is -0.00354. The van der Waals surface area contributed by atoms with Crippen LogP contribution in [-0.4, -0.2) is 42.0 Å². The van der Waals surface area contributed by atoms with Gasteiger partial charge in [0.05, 0.1) is 11.1 Å². The monoisotopic (exact) mass is 284 g/mol. The Kier molecular flexibility index (Phi) is 3.75. The van der Waals surface area contributed by atoms with Crippen LogP contribution in [0, 0.1) is 5.41 Å². The largest absolute Gasteiger partial charge is 0.474 e. The molecule has 21 heavy (non-hydrogen) atoms. The summed E-state index contributed by atoms with van der Waals surface area (Å²) in [5.41, 5.74) is 7.13. The molecule has 0 spiro atoms. The number of pyridine rings is 1. The van der Waals surface area contributed by atoms with Crippen molar-refractivity contribution in [3.8, 4) is 5.88 Å². The van der Waals surface area contributed by atoms with Crippen LogP contribution >= 0.6 is 0 Å². The highest BCUT2D eigenvalue weighted by Gasteiger charge is 2.21. The molecule has 1 aliphatic heterocycles. The topological polar surface area (TPSA) is 75.2 Å². The lowest BCUT2D eigenvalue weighted by Gasteiger charge is -2.29. The van der Waals surface area contributed by atoms with E-state index in [1.165, 1.54) is 0 Å². The zero-order valence-corrected chi connectivity index (χ0v) is 12.2. The summed E-state index contributed by atoms with van der Waals surface area (Å²) < 4.78 is 6.05. The van der Waals surface area contributed by atoms with Crippen molar-refractivity contribution in [3.63, 3.8) is 0 Å². The lowest BCUT2D eigenvalue weighted by atomic mass is 10.1. The number of nitrogen functional groups attached to an aromatic ring is 1. The smallest absolute Gasteiger partial charge is 0.225 e. The van der Waals surface area contributed by atoms with Crippen LogP contribution in [0.25, 0.3) is 10.9 Å². The highest BCUT2D eigenvalue weighted by atomic mass is 16.5. The Morgan fingerprint density at radius 3 is 2.76 bits per heavy atom. The van der Waals surface area contributed by atoms with E-state index in [1.807, 2.05) is 30.3 Å². The van der Waals surface area contributed by atoms with Gasteiger partial charge in [-0.15, -0.1) is 0 Å². The van der Waals surface area contributed by atoms with E-state index in [0.717, 1.165) is 36.8 Å². The van der Waals surface area contributed by atoms with E-state index in [9.17, 15) is 0 Å². The standard InChI is InChI=1S/C16H20N4O/c1-20-8-6-12(7-9-20)21-16-13(15(17)18)10-11-4-2-3-5-14(11)19-16/h2-5,10,12H,6-9H2,1H3,(H3,17,18). The number of nitrogens with two attached hydrogens (primary N) is 1. The van der Waals surface area contributed by atoms with Crippen LogP contribution in [0.1, 0.15) is 18.4 Å². The van der Waals surface area contributed by atoms with Crippen molar-refractivity contribution in [2.45, 2.75) is 18.9 Å². The van der Waals surface area contributed by atoms with E-state index in [0.29, 0.717) is 11.4 Å². The molecule has 1 aromatic heterocycles. The normalized spacial score (nSPS) is 17.0. The Balaban J connectivity index is 1.92. The van der Waals surface area contributed by atoms with Gasteiger partial charge in [-0.1, -0.05) is 18.2 Å². The van der Waals surface area contributed by atoms with Gasteiger partial charge in [0, 0.05) is 18.5 Å². The molecular formula is C16H20N4O. The van der Waals surface area contributed by atoms with E-state index in [2.05, 4.69) is 16.9 Å². The summed E-state index contributed by atoms with van der Waals surface area (Å²) >= 11 is 0. The van der Waals surface area contributed by atoms with Crippen LogP contribution in [-0.2, 0) is 0 Å². The summed E-state index contributed by atoms with van der Waals surface area (Å²) in [7, 11) is 2.12. The number of nitrogens with zero attached hydrogens (tertiary/aromatic N) is 2. The first kappa shape index (κ1) is 13.8. The molecule has 5 nitrogen and oxygen atoms in total. The predicted molar refractivity (Wildman–Crippen MR) is 83.9 cm³/mol. The maximum absolute atomic E-state index is 7.75. The first-order chi connectivity index (χ1) is 10.1. The van der Waals surface area contributed by atoms with E-state index < -0.39 is 0 Å². The molecule has 0 unspecified atom stereocenters. The zero-order valence-electron chi connectivity index (χ0n) is 12.2. The third-order valence-electron chi connectivity index (χ3n) is 3.92. The minimum absolute atomic E-state index is 0.00354. The number of piperidine rings is 1. The van der Waals surface area contributed by atoms with E-state index in [1.54, 1.807) is 0 Å². The number of rotatable bonds is 3. The van der Waals surface area contributed by atoms with E-state index >= 15 is 0 Å². The molecule has 1 saturated heterocycles. The van der Waals surface area contributed by atoms with Gasteiger partial charge in [0.15, 0.2) is 0 Å². The Hall–Kier alpha value is -2.14. The lowest BCUT2D eigenvalue weighted by Crippen LogP contribution is -2.36. The Morgan fingerprint density at radius 2 is 2.05 bits per heavy atom. The van der Waals surface area contributed by atoms with Crippen LogP contribution < -0.4 is 10.5 Å².